The molecule has 7 nitrogen and oxygen atoms in total. The summed E-state index contributed by atoms with van der Waals surface area (Å²) in [5.74, 6) is 1.26. The van der Waals surface area contributed by atoms with E-state index in [0.717, 1.165) is 40.6 Å². The number of hydrogen-bond donors (Lipinski definition) is 1. The van der Waals surface area contributed by atoms with Gasteiger partial charge in [0.1, 0.15) is 12.1 Å². The van der Waals surface area contributed by atoms with Crippen molar-refractivity contribution >= 4 is 22.8 Å². The third kappa shape index (κ3) is 2.59. The molecule has 3 amide bonds. The van der Waals surface area contributed by atoms with Crippen LogP contribution in [-0.2, 0) is 11.2 Å². The number of aromatic amines is 1. The Labute approximate surface area is 179 Å². The smallest absolute Gasteiger partial charge is 0.328 e. The highest BCUT2D eigenvalue weighted by Gasteiger charge is 2.52. The molecule has 3 aliphatic heterocycles. The lowest BCUT2D eigenvalue weighted by atomic mass is 9.88. The fourth-order valence-corrected chi connectivity index (χ4v) is 5.08. The lowest BCUT2D eigenvalue weighted by Gasteiger charge is -2.36. The zero-order chi connectivity index (χ0) is 21.1. The number of carbonyl (C=O) groups excluding carboxylic acids is 2. The van der Waals surface area contributed by atoms with Crippen molar-refractivity contribution in [3.8, 4) is 11.5 Å². The first-order chi connectivity index (χ1) is 15.2. The van der Waals surface area contributed by atoms with E-state index in [1.807, 2.05) is 36.4 Å². The number of amides is 3. The topological polar surface area (TPSA) is 74.9 Å². The number of hydrogen-bond acceptors (Lipinski definition) is 4. The van der Waals surface area contributed by atoms with E-state index >= 15 is 0 Å². The molecule has 3 aliphatic rings. The Morgan fingerprint density at radius 2 is 1.94 bits per heavy atom. The van der Waals surface area contributed by atoms with Crippen LogP contribution in [0.5, 0.6) is 11.5 Å². The predicted octanol–water partition coefficient (Wildman–Crippen LogP) is 3.98. The average molecular weight is 417 g/mol. The number of urea groups is 1. The van der Waals surface area contributed by atoms with Gasteiger partial charge >= 0.3 is 6.03 Å². The molecule has 3 aromatic rings. The molecule has 0 radical (unpaired) electrons. The first kappa shape index (κ1) is 18.3. The van der Waals surface area contributed by atoms with E-state index in [9.17, 15) is 9.59 Å². The SMILES string of the molecule is CCCCN1C(=O)C2Cc3c([nH]c4ccccc34)C(c3ccc4c(c3)OCO4)N2C1=O. The first-order valence-corrected chi connectivity index (χ1v) is 10.8. The fraction of sp³-hybridized carbons (Fsp3) is 0.333. The van der Waals surface area contributed by atoms with E-state index in [0.29, 0.717) is 24.5 Å². The number of aromatic nitrogens is 1. The maximum absolute atomic E-state index is 13.5. The molecule has 1 aromatic heterocycles. The number of unbranched alkanes of at least 4 members (excludes halogenated alkanes) is 1. The molecule has 4 heterocycles. The van der Waals surface area contributed by atoms with E-state index in [-0.39, 0.29) is 18.7 Å². The molecule has 1 fully saturated rings. The number of H-pyrrole nitrogens is 1. The Bertz CT molecular complexity index is 1220. The molecular weight excluding hydrogens is 394 g/mol. The summed E-state index contributed by atoms with van der Waals surface area (Å²) in [6.07, 6.45) is 2.26. The summed E-state index contributed by atoms with van der Waals surface area (Å²) in [6, 6.07) is 12.8. The van der Waals surface area contributed by atoms with Gasteiger partial charge in [0, 0.05) is 29.6 Å². The van der Waals surface area contributed by atoms with E-state index in [2.05, 4.69) is 18.0 Å². The van der Waals surface area contributed by atoms with Crippen LogP contribution < -0.4 is 9.47 Å². The van der Waals surface area contributed by atoms with Crippen molar-refractivity contribution in [1.82, 2.24) is 14.8 Å². The summed E-state index contributed by atoms with van der Waals surface area (Å²) in [4.78, 5) is 33.5. The highest BCUT2D eigenvalue weighted by molar-refractivity contribution is 6.05. The van der Waals surface area contributed by atoms with E-state index in [4.69, 9.17) is 9.47 Å². The van der Waals surface area contributed by atoms with Crippen molar-refractivity contribution in [1.29, 1.82) is 0 Å². The highest BCUT2D eigenvalue weighted by Crippen LogP contribution is 2.46. The summed E-state index contributed by atoms with van der Waals surface area (Å²) in [6.45, 7) is 2.71. The van der Waals surface area contributed by atoms with Gasteiger partial charge in [-0.2, -0.15) is 0 Å². The molecule has 7 heteroatoms. The van der Waals surface area contributed by atoms with Crippen LogP contribution in [-0.4, -0.2) is 46.1 Å². The molecular formula is C24H23N3O4. The summed E-state index contributed by atoms with van der Waals surface area (Å²) in [7, 11) is 0. The van der Waals surface area contributed by atoms with E-state index in [1.165, 1.54) is 4.90 Å². The Hall–Kier alpha value is -3.48. The van der Waals surface area contributed by atoms with Crippen molar-refractivity contribution in [2.45, 2.75) is 38.3 Å². The second-order valence-corrected chi connectivity index (χ2v) is 8.33. The fourth-order valence-electron chi connectivity index (χ4n) is 5.08. The standard InChI is InChI=1S/C24H23N3O4/c1-2-3-10-26-23(28)18-12-16-15-6-4-5-7-17(15)25-21(16)22(27(18)24(26)29)14-8-9-19-20(11-14)31-13-30-19/h4-9,11,18,22,25H,2-3,10,12-13H2,1H3. The van der Waals surface area contributed by atoms with Crippen molar-refractivity contribution in [3.05, 3.63) is 59.3 Å². The second kappa shape index (κ2) is 6.77. The first-order valence-electron chi connectivity index (χ1n) is 10.8. The molecule has 2 aromatic carbocycles. The molecule has 0 bridgehead atoms. The Morgan fingerprint density at radius 3 is 2.81 bits per heavy atom. The van der Waals surface area contributed by atoms with Crippen molar-refractivity contribution < 1.29 is 19.1 Å². The molecule has 1 N–H and O–H groups in total. The van der Waals surface area contributed by atoms with Crippen molar-refractivity contribution in [2.75, 3.05) is 13.3 Å². The zero-order valence-corrected chi connectivity index (χ0v) is 17.3. The summed E-state index contributed by atoms with van der Waals surface area (Å²) >= 11 is 0. The molecule has 0 aliphatic carbocycles. The second-order valence-electron chi connectivity index (χ2n) is 8.33. The summed E-state index contributed by atoms with van der Waals surface area (Å²) in [5, 5.41) is 1.11. The number of nitrogens with zero attached hydrogens (tertiary/aromatic N) is 2. The normalized spacial score (nSPS) is 21.7. The molecule has 6 rings (SSSR count). The molecule has 0 saturated carbocycles. The van der Waals surface area contributed by atoms with Gasteiger partial charge in [-0.25, -0.2) is 4.79 Å². The van der Waals surface area contributed by atoms with Crippen LogP contribution in [0.15, 0.2) is 42.5 Å². The van der Waals surface area contributed by atoms with Crippen LogP contribution in [0.25, 0.3) is 10.9 Å². The monoisotopic (exact) mass is 417 g/mol. The van der Waals surface area contributed by atoms with E-state index < -0.39 is 12.1 Å². The maximum Gasteiger partial charge on any atom is 0.328 e. The van der Waals surface area contributed by atoms with Gasteiger partial charge in [0.2, 0.25) is 6.79 Å². The number of para-hydroxylation sites is 1. The van der Waals surface area contributed by atoms with Gasteiger partial charge in [-0.15, -0.1) is 0 Å². The quantitative estimate of drug-likeness (QED) is 0.652. The maximum atomic E-state index is 13.5. The Morgan fingerprint density at radius 1 is 1.10 bits per heavy atom. The molecule has 158 valence electrons. The van der Waals surface area contributed by atoms with Crippen LogP contribution in [0, 0.1) is 0 Å². The molecule has 2 unspecified atom stereocenters. The highest BCUT2D eigenvalue weighted by atomic mass is 16.7. The zero-order valence-electron chi connectivity index (χ0n) is 17.3. The van der Waals surface area contributed by atoms with E-state index in [1.54, 1.807) is 4.90 Å². The number of fused-ring (bicyclic) bond motifs is 5. The van der Waals surface area contributed by atoms with Gasteiger partial charge in [-0.1, -0.05) is 37.6 Å². The van der Waals surface area contributed by atoms with Crippen LogP contribution >= 0.6 is 0 Å². The number of carbonyl (C=O) groups is 2. The molecule has 0 spiro atoms. The van der Waals surface area contributed by atoms with Crippen LogP contribution in [0.4, 0.5) is 4.79 Å². The minimum atomic E-state index is -0.494. The number of ether oxygens (including phenoxy) is 2. The number of imide groups is 1. The predicted molar refractivity (Wildman–Crippen MR) is 114 cm³/mol. The van der Waals surface area contributed by atoms with Gasteiger partial charge in [-0.05, 0) is 35.7 Å². The van der Waals surface area contributed by atoms with Gasteiger partial charge in [0.25, 0.3) is 5.91 Å². The number of rotatable bonds is 4. The van der Waals surface area contributed by atoms with Gasteiger partial charge in [0.05, 0.1) is 0 Å². The summed E-state index contributed by atoms with van der Waals surface area (Å²) < 4.78 is 11.1. The van der Waals surface area contributed by atoms with Crippen LogP contribution in [0.1, 0.15) is 42.6 Å². The van der Waals surface area contributed by atoms with Crippen molar-refractivity contribution in [2.24, 2.45) is 0 Å². The minimum Gasteiger partial charge on any atom is -0.454 e. The van der Waals surface area contributed by atoms with Gasteiger partial charge in [0.15, 0.2) is 11.5 Å². The lowest BCUT2D eigenvalue weighted by Crippen LogP contribution is -2.44. The van der Waals surface area contributed by atoms with Crippen LogP contribution in [0.3, 0.4) is 0 Å². The Kier molecular flexibility index (Phi) is 4.00. The third-order valence-corrected chi connectivity index (χ3v) is 6.58. The molecule has 31 heavy (non-hydrogen) atoms. The number of nitrogens with one attached hydrogen (secondary N) is 1. The third-order valence-electron chi connectivity index (χ3n) is 6.58. The minimum absolute atomic E-state index is 0.0971. The van der Waals surface area contributed by atoms with Crippen LogP contribution in [0.2, 0.25) is 0 Å². The van der Waals surface area contributed by atoms with Gasteiger partial charge < -0.3 is 14.5 Å². The average Bonchev–Trinajstić information content (AvgIpc) is 3.46. The van der Waals surface area contributed by atoms with Crippen molar-refractivity contribution in [3.63, 3.8) is 0 Å². The summed E-state index contributed by atoms with van der Waals surface area (Å²) in [5.41, 5.74) is 4.00. The molecule has 1 saturated heterocycles. The Balaban J connectivity index is 1.52. The lowest BCUT2D eigenvalue weighted by molar-refractivity contribution is -0.128. The number of benzene rings is 2. The largest absolute Gasteiger partial charge is 0.454 e. The van der Waals surface area contributed by atoms with Gasteiger partial charge in [-0.3, -0.25) is 14.6 Å². The molecule has 2 atom stereocenters.